The number of nitrogens with zero attached hydrogens (tertiary/aromatic N) is 1. The Labute approximate surface area is 95.4 Å². The lowest BCUT2D eigenvalue weighted by atomic mass is 10.1. The number of carboxylic acid groups (broad SMARTS) is 1. The molecule has 5 heteroatoms. The van der Waals surface area contributed by atoms with Gasteiger partial charge in [-0.05, 0) is 12.8 Å². The fraction of sp³-hybridized carbons (Fsp3) is 0.818. The van der Waals surface area contributed by atoms with Crippen molar-refractivity contribution >= 4 is 11.9 Å². The van der Waals surface area contributed by atoms with Crippen LogP contribution < -0.4 is 0 Å². The third-order valence-corrected chi connectivity index (χ3v) is 2.68. The van der Waals surface area contributed by atoms with Crippen LogP contribution in [0.4, 0.5) is 0 Å². The molecule has 1 rings (SSSR count). The molecule has 0 aromatic heterocycles. The second-order valence-corrected chi connectivity index (χ2v) is 4.06. The number of rotatable bonds is 6. The summed E-state index contributed by atoms with van der Waals surface area (Å²) in [6.07, 6.45) is 2.48. The maximum absolute atomic E-state index is 11.5. The SMILES string of the molecule is CCCCN1CC(CCC(=O)O)OCC1=O. The zero-order valence-electron chi connectivity index (χ0n) is 9.65. The highest BCUT2D eigenvalue weighted by Gasteiger charge is 2.25. The predicted molar refractivity (Wildman–Crippen MR) is 58.1 cm³/mol. The van der Waals surface area contributed by atoms with Gasteiger partial charge in [-0.15, -0.1) is 0 Å². The van der Waals surface area contributed by atoms with Crippen LogP contribution >= 0.6 is 0 Å². The molecule has 16 heavy (non-hydrogen) atoms. The van der Waals surface area contributed by atoms with E-state index in [-0.39, 0.29) is 25.0 Å². The molecule has 92 valence electrons. The van der Waals surface area contributed by atoms with Gasteiger partial charge in [0.25, 0.3) is 0 Å². The monoisotopic (exact) mass is 229 g/mol. The normalized spacial score (nSPS) is 21.2. The summed E-state index contributed by atoms with van der Waals surface area (Å²) in [6, 6.07) is 0. The van der Waals surface area contributed by atoms with Gasteiger partial charge in [-0.2, -0.15) is 0 Å². The van der Waals surface area contributed by atoms with E-state index in [1.807, 2.05) is 0 Å². The molecule has 0 radical (unpaired) electrons. The lowest BCUT2D eigenvalue weighted by Gasteiger charge is -2.32. The van der Waals surface area contributed by atoms with Crippen molar-refractivity contribution in [3.05, 3.63) is 0 Å². The molecule has 1 aliphatic heterocycles. The molecule has 5 nitrogen and oxygen atoms in total. The van der Waals surface area contributed by atoms with Crippen molar-refractivity contribution in [1.82, 2.24) is 4.90 Å². The number of ether oxygens (including phenoxy) is 1. The van der Waals surface area contributed by atoms with E-state index < -0.39 is 5.97 Å². The summed E-state index contributed by atoms with van der Waals surface area (Å²) >= 11 is 0. The molecule has 0 aromatic rings. The Hall–Kier alpha value is -1.10. The summed E-state index contributed by atoms with van der Waals surface area (Å²) in [4.78, 5) is 23.7. The van der Waals surface area contributed by atoms with Crippen molar-refractivity contribution in [2.24, 2.45) is 0 Å². The predicted octanol–water partition coefficient (Wildman–Crippen LogP) is 0.879. The molecule has 0 saturated carbocycles. The third-order valence-electron chi connectivity index (χ3n) is 2.68. The second-order valence-electron chi connectivity index (χ2n) is 4.06. The molecule has 0 spiro atoms. The van der Waals surface area contributed by atoms with E-state index in [4.69, 9.17) is 9.84 Å². The van der Waals surface area contributed by atoms with Gasteiger partial charge in [-0.3, -0.25) is 9.59 Å². The number of unbranched alkanes of at least 4 members (excludes halogenated alkanes) is 1. The average molecular weight is 229 g/mol. The number of hydrogen-bond donors (Lipinski definition) is 1. The highest BCUT2D eigenvalue weighted by Crippen LogP contribution is 2.12. The Balaban J connectivity index is 2.34. The van der Waals surface area contributed by atoms with Gasteiger partial charge in [0, 0.05) is 19.5 Å². The summed E-state index contributed by atoms with van der Waals surface area (Å²) in [5.41, 5.74) is 0. The van der Waals surface area contributed by atoms with Crippen molar-refractivity contribution < 1.29 is 19.4 Å². The lowest BCUT2D eigenvalue weighted by molar-refractivity contribution is -0.150. The van der Waals surface area contributed by atoms with Gasteiger partial charge in [0.2, 0.25) is 5.91 Å². The van der Waals surface area contributed by atoms with Crippen LogP contribution in [-0.4, -0.2) is 47.7 Å². The van der Waals surface area contributed by atoms with Gasteiger partial charge in [0.15, 0.2) is 0 Å². The van der Waals surface area contributed by atoms with Gasteiger partial charge in [0.1, 0.15) is 6.61 Å². The Morgan fingerprint density at radius 3 is 3.00 bits per heavy atom. The Bertz CT molecular complexity index is 254. The highest BCUT2D eigenvalue weighted by atomic mass is 16.5. The zero-order chi connectivity index (χ0) is 12.0. The molecule has 0 bridgehead atoms. The Morgan fingerprint density at radius 2 is 2.38 bits per heavy atom. The summed E-state index contributed by atoms with van der Waals surface area (Å²) in [5.74, 6) is -0.805. The minimum absolute atomic E-state index is 0.0139. The van der Waals surface area contributed by atoms with Gasteiger partial charge in [-0.1, -0.05) is 13.3 Å². The summed E-state index contributed by atoms with van der Waals surface area (Å²) in [6.45, 7) is 3.45. The van der Waals surface area contributed by atoms with E-state index in [0.29, 0.717) is 13.0 Å². The molecule has 0 aliphatic carbocycles. The van der Waals surface area contributed by atoms with Crippen LogP contribution in [0.3, 0.4) is 0 Å². The Kier molecular flexibility index (Phi) is 5.25. The maximum Gasteiger partial charge on any atom is 0.303 e. The van der Waals surface area contributed by atoms with E-state index in [9.17, 15) is 9.59 Å². The molecular formula is C11H19NO4. The van der Waals surface area contributed by atoms with Crippen LogP contribution in [0.25, 0.3) is 0 Å². The molecule has 1 amide bonds. The minimum Gasteiger partial charge on any atom is -0.481 e. The van der Waals surface area contributed by atoms with Crippen LogP contribution in [0.1, 0.15) is 32.6 Å². The molecule has 1 N–H and O–H groups in total. The average Bonchev–Trinajstić information content (AvgIpc) is 2.26. The number of carbonyl (C=O) groups is 2. The molecule has 1 fully saturated rings. The van der Waals surface area contributed by atoms with E-state index in [1.54, 1.807) is 4.90 Å². The molecule has 1 heterocycles. The van der Waals surface area contributed by atoms with Crippen molar-refractivity contribution in [3.63, 3.8) is 0 Å². The molecule has 1 atom stereocenters. The molecule has 1 unspecified atom stereocenters. The van der Waals surface area contributed by atoms with Crippen molar-refractivity contribution in [2.45, 2.75) is 38.7 Å². The minimum atomic E-state index is -0.819. The number of amides is 1. The fourth-order valence-corrected chi connectivity index (χ4v) is 1.70. The van der Waals surface area contributed by atoms with Crippen LogP contribution in [0.2, 0.25) is 0 Å². The number of carboxylic acids is 1. The first-order valence-corrected chi connectivity index (χ1v) is 5.74. The fourth-order valence-electron chi connectivity index (χ4n) is 1.70. The standard InChI is InChI=1S/C11H19NO4/c1-2-3-6-12-7-9(4-5-11(14)15)16-8-10(12)13/h9H,2-8H2,1H3,(H,14,15). The highest BCUT2D eigenvalue weighted by molar-refractivity contribution is 5.78. The summed E-state index contributed by atoms with van der Waals surface area (Å²) in [7, 11) is 0. The van der Waals surface area contributed by atoms with E-state index in [0.717, 1.165) is 19.4 Å². The van der Waals surface area contributed by atoms with Crippen LogP contribution in [-0.2, 0) is 14.3 Å². The van der Waals surface area contributed by atoms with Crippen LogP contribution in [0.15, 0.2) is 0 Å². The number of morpholine rings is 1. The molecule has 1 aliphatic rings. The van der Waals surface area contributed by atoms with Crippen molar-refractivity contribution in [2.75, 3.05) is 19.7 Å². The molecular weight excluding hydrogens is 210 g/mol. The van der Waals surface area contributed by atoms with Crippen LogP contribution in [0, 0.1) is 0 Å². The van der Waals surface area contributed by atoms with E-state index >= 15 is 0 Å². The van der Waals surface area contributed by atoms with E-state index in [1.165, 1.54) is 0 Å². The van der Waals surface area contributed by atoms with Crippen LogP contribution in [0.5, 0.6) is 0 Å². The smallest absolute Gasteiger partial charge is 0.303 e. The van der Waals surface area contributed by atoms with Gasteiger partial charge in [-0.25, -0.2) is 0 Å². The van der Waals surface area contributed by atoms with Gasteiger partial charge < -0.3 is 14.7 Å². The van der Waals surface area contributed by atoms with Crippen molar-refractivity contribution in [3.8, 4) is 0 Å². The second kappa shape index (κ2) is 6.48. The zero-order valence-corrected chi connectivity index (χ0v) is 9.65. The summed E-state index contributed by atoms with van der Waals surface area (Å²) in [5, 5.41) is 8.57. The summed E-state index contributed by atoms with van der Waals surface area (Å²) < 4.78 is 5.30. The number of hydrogen-bond acceptors (Lipinski definition) is 3. The quantitative estimate of drug-likeness (QED) is 0.734. The first-order valence-electron chi connectivity index (χ1n) is 5.74. The maximum atomic E-state index is 11.5. The Morgan fingerprint density at radius 1 is 1.62 bits per heavy atom. The largest absolute Gasteiger partial charge is 0.481 e. The first-order chi connectivity index (χ1) is 7.63. The van der Waals surface area contributed by atoms with Gasteiger partial charge in [0.05, 0.1) is 6.10 Å². The third kappa shape index (κ3) is 4.18. The first kappa shape index (κ1) is 13.0. The number of carbonyl (C=O) groups excluding carboxylic acids is 1. The van der Waals surface area contributed by atoms with Crippen molar-refractivity contribution in [1.29, 1.82) is 0 Å². The lowest BCUT2D eigenvalue weighted by Crippen LogP contribution is -2.47. The van der Waals surface area contributed by atoms with Gasteiger partial charge >= 0.3 is 5.97 Å². The molecule has 1 saturated heterocycles. The number of aliphatic carboxylic acids is 1. The van der Waals surface area contributed by atoms with E-state index in [2.05, 4.69) is 6.92 Å². The topological polar surface area (TPSA) is 66.8 Å². The molecule has 0 aromatic carbocycles.